The quantitative estimate of drug-likeness (QED) is 0.677. The molecule has 3 rings (SSSR count). The summed E-state index contributed by atoms with van der Waals surface area (Å²) in [5.74, 6) is -0.807. The van der Waals surface area contributed by atoms with E-state index in [0.29, 0.717) is 16.3 Å². The first-order valence-corrected chi connectivity index (χ1v) is 9.27. The van der Waals surface area contributed by atoms with Crippen LogP contribution in [-0.4, -0.2) is 30.8 Å². The van der Waals surface area contributed by atoms with E-state index in [2.05, 4.69) is 5.32 Å². The van der Waals surface area contributed by atoms with Gasteiger partial charge in [0.1, 0.15) is 0 Å². The maximum absolute atomic E-state index is 13.1. The maximum atomic E-state index is 13.1. The van der Waals surface area contributed by atoms with Gasteiger partial charge in [-0.05, 0) is 29.3 Å². The van der Waals surface area contributed by atoms with Gasteiger partial charge in [-0.2, -0.15) is 0 Å². The average molecular weight is 393 g/mol. The van der Waals surface area contributed by atoms with Gasteiger partial charge in [-0.15, -0.1) is 0 Å². The van der Waals surface area contributed by atoms with Gasteiger partial charge >= 0.3 is 0 Å². The molecule has 5 heteroatoms. The highest BCUT2D eigenvalue weighted by atomic mass is 35.5. The molecule has 4 nitrogen and oxygen atoms in total. The van der Waals surface area contributed by atoms with E-state index >= 15 is 0 Å². The average Bonchev–Trinajstić information content (AvgIpc) is 2.69. The number of nitrogens with one attached hydrogen (secondary N) is 1. The van der Waals surface area contributed by atoms with Crippen molar-refractivity contribution in [1.29, 1.82) is 0 Å². The SMILES string of the molecule is CN(C)C(=O)c1ccc(NC(=O)C(c2ccccc2)c2ccccc2)cc1Cl. The Labute approximate surface area is 169 Å². The molecule has 0 radical (unpaired) electrons. The molecule has 0 aromatic heterocycles. The molecule has 0 saturated heterocycles. The van der Waals surface area contributed by atoms with Crippen LogP contribution in [0.1, 0.15) is 27.4 Å². The third kappa shape index (κ3) is 4.41. The lowest BCUT2D eigenvalue weighted by atomic mass is 9.90. The van der Waals surface area contributed by atoms with Gasteiger partial charge in [0.25, 0.3) is 5.91 Å². The minimum atomic E-state index is -0.454. The minimum absolute atomic E-state index is 0.167. The molecule has 1 N–H and O–H groups in total. The minimum Gasteiger partial charge on any atom is -0.345 e. The van der Waals surface area contributed by atoms with Crippen molar-refractivity contribution in [2.24, 2.45) is 0 Å². The Morgan fingerprint density at radius 1 is 0.857 bits per heavy atom. The van der Waals surface area contributed by atoms with E-state index in [0.717, 1.165) is 11.1 Å². The van der Waals surface area contributed by atoms with Crippen LogP contribution >= 0.6 is 11.6 Å². The Morgan fingerprint density at radius 2 is 1.39 bits per heavy atom. The van der Waals surface area contributed by atoms with E-state index in [4.69, 9.17) is 11.6 Å². The zero-order valence-electron chi connectivity index (χ0n) is 15.7. The van der Waals surface area contributed by atoms with Crippen molar-refractivity contribution in [3.63, 3.8) is 0 Å². The van der Waals surface area contributed by atoms with Crippen molar-refractivity contribution < 1.29 is 9.59 Å². The topological polar surface area (TPSA) is 49.4 Å². The number of hydrogen-bond donors (Lipinski definition) is 1. The summed E-state index contributed by atoms with van der Waals surface area (Å²) in [7, 11) is 3.33. The number of amides is 2. The predicted molar refractivity (Wildman–Crippen MR) is 113 cm³/mol. The molecule has 3 aromatic carbocycles. The third-order valence-corrected chi connectivity index (χ3v) is 4.71. The monoisotopic (exact) mass is 392 g/mol. The lowest BCUT2D eigenvalue weighted by Crippen LogP contribution is -2.23. The molecule has 3 aromatic rings. The van der Waals surface area contributed by atoms with Crippen LogP contribution in [0.2, 0.25) is 5.02 Å². The second-order valence-electron chi connectivity index (χ2n) is 6.64. The van der Waals surface area contributed by atoms with Crippen molar-refractivity contribution in [2.75, 3.05) is 19.4 Å². The van der Waals surface area contributed by atoms with Crippen LogP contribution < -0.4 is 5.32 Å². The fourth-order valence-electron chi connectivity index (χ4n) is 3.01. The summed E-state index contributed by atoms with van der Waals surface area (Å²) in [6.45, 7) is 0. The number of rotatable bonds is 5. The molecule has 0 heterocycles. The summed E-state index contributed by atoms with van der Waals surface area (Å²) >= 11 is 6.27. The van der Waals surface area contributed by atoms with Gasteiger partial charge < -0.3 is 10.2 Å². The Kier molecular flexibility index (Phi) is 6.12. The highest BCUT2D eigenvalue weighted by molar-refractivity contribution is 6.34. The molecule has 0 atom stereocenters. The summed E-state index contributed by atoms with van der Waals surface area (Å²) in [4.78, 5) is 26.7. The molecule has 0 aliphatic heterocycles. The van der Waals surface area contributed by atoms with E-state index in [1.807, 2.05) is 60.7 Å². The Balaban J connectivity index is 1.89. The molecule has 0 saturated carbocycles. The summed E-state index contributed by atoms with van der Waals surface area (Å²) < 4.78 is 0. The molecular formula is C23H21ClN2O2. The second-order valence-corrected chi connectivity index (χ2v) is 7.05. The van der Waals surface area contributed by atoms with E-state index in [1.54, 1.807) is 32.3 Å². The largest absolute Gasteiger partial charge is 0.345 e. The number of carbonyl (C=O) groups is 2. The summed E-state index contributed by atoms with van der Waals surface area (Å²) in [5, 5.41) is 3.23. The Hall–Kier alpha value is -3.11. The summed E-state index contributed by atoms with van der Waals surface area (Å²) in [6, 6.07) is 24.1. The van der Waals surface area contributed by atoms with Crippen LogP contribution in [-0.2, 0) is 4.79 Å². The molecule has 0 unspecified atom stereocenters. The molecule has 0 bridgehead atoms. The van der Waals surface area contributed by atoms with Crippen LogP contribution in [0.5, 0.6) is 0 Å². The lowest BCUT2D eigenvalue weighted by Gasteiger charge is -2.18. The van der Waals surface area contributed by atoms with Crippen LogP contribution in [0.4, 0.5) is 5.69 Å². The van der Waals surface area contributed by atoms with Gasteiger partial charge in [0, 0.05) is 19.8 Å². The number of halogens is 1. The first kappa shape index (κ1) is 19.6. The van der Waals surface area contributed by atoms with E-state index in [9.17, 15) is 9.59 Å². The second kappa shape index (κ2) is 8.72. The number of hydrogen-bond acceptors (Lipinski definition) is 2. The molecule has 2 amide bonds. The Bertz CT molecular complexity index is 933. The standard InChI is InChI=1S/C23H21ClN2O2/c1-26(2)23(28)19-14-13-18(15-20(19)24)25-22(27)21(16-9-5-3-6-10-16)17-11-7-4-8-12-17/h3-15,21H,1-2H3,(H,25,27). The zero-order chi connectivity index (χ0) is 20.1. The molecular weight excluding hydrogens is 372 g/mol. The van der Waals surface area contributed by atoms with Crippen LogP contribution in [0.3, 0.4) is 0 Å². The highest BCUT2D eigenvalue weighted by Gasteiger charge is 2.23. The van der Waals surface area contributed by atoms with Gasteiger partial charge in [0.05, 0.1) is 16.5 Å². The van der Waals surface area contributed by atoms with Crippen LogP contribution in [0, 0.1) is 0 Å². The van der Waals surface area contributed by atoms with Gasteiger partial charge in [-0.3, -0.25) is 9.59 Å². The number of benzene rings is 3. The summed E-state index contributed by atoms with van der Waals surface area (Å²) in [6.07, 6.45) is 0. The third-order valence-electron chi connectivity index (χ3n) is 4.40. The Morgan fingerprint density at radius 3 is 1.86 bits per heavy atom. The van der Waals surface area contributed by atoms with Crippen molar-refractivity contribution in [2.45, 2.75) is 5.92 Å². The fourth-order valence-corrected chi connectivity index (χ4v) is 3.27. The highest BCUT2D eigenvalue weighted by Crippen LogP contribution is 2.28. The van der Waals surface area contributed by atoms with E-state index < -0.39 is 5.92 Å². The van der Waals surface area contributed by atoms with Crippen molar-refractivity contribution in [1.82, 2.24) is 4.90 Å². The number of anilines is 1. The zero-order valence-corrected chi connectivity index (χ0v) is 16.5. The maximum Gasteiger partial charge on any atom is 0.254 e. The first-order chi connectivity index (χ1) is 13.5. The fraction of sp³-hybridized carbons (Fsp3) is 0.130. The van der Waals surface area contributed by atoms with Gasteiger partial charge in [-0.25, -0.2) is 0 Å². The molecule has 28 heavy (non-hydrogen) atoms. The normalized spacial score (nSPS) is 10.6. The summed E-state index contributed by atoms with van der Waals surface area (Å²) in [5.41, 5.74) is 2.74. The van der Waals surface area contributed by atoms with Crippen LogP contribution in [0.15, 0.2) is 78.9 Å². The van der Waals surface area contributed by atoms with Crippen LogP contribution in [0.25, 0.3) is 0 Å². The van der Waals surface area contributed by atoms with E-state index in [-0.39, 0.29) is 11.8 Å². The number of nitrogens with zero attached hydrogens (tertiary/aromatic N) is 1. The van der Waals surface area contributed by atoms with Gasteiger partial charge in [0.2, 0.25) is 5.91 Å². The number of carbonyl (C=O) groups excluding carboxylic acids is 2. The van der Waals surface area contributed by atoms with Gasteiger partial charge in [0.15, 0.2) is 0 Å². The first-order valence-electron chi connectivity index (χ1n) is 8.89. The van der Waals surface area contributed by atoms with Crippen molar-refractivity contribution >= 4 is 29.1 Å². The van der Waals surface area contributed by atoms with Crippen molar-refractivity contribution in [3.8, 4) is 0 Å². The van der Waals surface area contributed by atoms with Crippen molar-refractivity contribution in [3.05, 3.63) is 101 Å². The molecule has 0 fully saturated rings. The molecule has 0 aliphatic rings. The molecule has 0 aliphatic carbocycles. The molecule has 0 spiro atoms. The molecule has 142 valence electrons. The van der Waals surface area contributed by atoms with E-state index in [1.165, 1.54) is 4.90 Å². The lowest BCUT2D eigenvalue weighted by molar-refractivity contribution is -0.116. The predicted octanol–water partition coefficient (Wildman–Crippen LogP) is 4.81. The smallest absolute Gasteiger partial charge is 0.254 e. The van der Waals surface area contributed by atoms with Gasteiger partial charge in [-0.1, -0.05) is 72.3 Å².